The zero-order valence-electron chi connectivity index (χ0n) is 15.6. The molecule has 1 fully saturated rings. The Labute approximate surface area is 157 Å². The van der Waals surface area contributed by atoms with Gasteiger partial charge in [0.15, 0.2) is 17.4 Å². The normalized spacial score (nSPS) is 16.6. The maximum absolute atomic E-state index is 12.5. The van der Waals surface area contributed by atoms with Crippen molar-refractivity contribution in [2.45, 2.75) is 39.7 Å². The van der Waals surface area contributed by atoms with Crippen molar-refractivity contribution in [3.8, 4) is 17.4 Å². The molecule has 1 aliphatic rings. The second-order valence-corrected chi connectivity index (χ2v) is 6.82. The van der Waals surface area contributed by atoms with E-state index < -0.39 is 0 Å². The van der Waals surface area contributed by atoms with Gasteiger partial charge in [-0.05, 0) is 58.4 Å². The molecule has 8 nitrogen and oxygen atoms in total. The Morgan fingerprint density at radius 3 is 2.74 bits per heavy atom. The van der Waals surface area contributed by atoms with Crippen LogP contribution in [-0.4, -0.2) is 38.2 Å². The summed E-state index contributed by atoms with van der Waals surface area (Å²) < 4.78 is 7.41. The minimum absolute atomic E-state index is 0.0907. The van der Waals surface area contributed by atoms with Gasteiger partial charge < -0.3 is 15.1 Å². The highest BCUT2D eigenvalue weighted by Gasteiger charge is 2.23. The van der Waals surface area contributed by atoms with E-state index in [0.717, 1.165) is 36.5 Å². The molecule has 3 aromatic rings. The Hall–Kier alpha value is -3.00. The van der Waals surface area contributed by atoms with Crippen LogP contribution in [0.1, 0.15) is 30.0 Å². The summed E-state index contributed by atoms with van der Waals surface area (Å²) in [4.78, 5) is 21.6. The van der Waals surface area contributed by atoms with Gasteiger partial charge in [-0.2, -0.15) is 5.10 Å². The molecule has 0 unspecified atom stereocenters. The van der Waals surface area contributed by atoms with Crippen molar-refractivity contribution in [2.75, 3.05) is 11.9 Å². The molecule has 4 heterocycles. The first-order valence-corrected chi connectivity index (χ1v) is 9.03. The van der Waals surface area contributed by atoms with E-state index in [-0.39, 0.29) is 11.9 Å². The summed E-state index contributed by atoms with van der Waals surface area (Å²) in [5.74, 6) is 2.63. The molecule has 1 saturated heterocycles. The van der Waals surface area contributed by atoms with E-state index in [9.17, 15) is 4.79 Å². The molecule has 0 aromatic carbocycles. The molecular weight excluding hydrogens is 344 g/mol. The highest BCUT2D eigenvalue weighted by molar-refractivity contribution is 5.94. The molecule has 0 radical (unpaired) electrons. The number of amides is 1. The Kier molecular flexibility index (Phi) is 4.49. The van der Waals surface area contributed by atoms with Crippen LogP contribution in [0.15, 0.2) is 28.7 Å². The number of nitrogens with one attached hydrogen (secondary N) is 2. The van der Waals surface area contributed by atoms with Gasteiger partial charge >= 0.3 is 0 Å². The van der Waals surface area contributed by atoms with Crippen LogP contribution in [0.4, 0.5) is 5.82 Å². The van der Waals surface area contributed by atoms with Gasteiger partial charge in [0, 0.05) is 11.8 Å². The molecule has 3 aromatic heterocycles. The number of hydrogen-bond acceptors (Lipinski definition) is 6. The van der Waals surface area contributed by atoms with Crippen LogP contribution >= 0.6 is 0 Å². The molecule has 1 aliphatic heterocycles. The zero-order chi connectivity index (χ0) is 19.0. The number of furan rings is 1. The van der Waals surface area contributed by atoms with Crippen LogP contribution in [0, 0.1) is 20.8 Å². The molecule has 1 atom stereocenters. The Morgan fingerprint density at radius 2 is 2.11 bits per heavy atom. The summed E-state index contributed by atoms with van der Waals surface area (Å²) >= 11 is 0. The molecule has 0 saturated carbocycles. The molecule has 4 rings (SSSR count). The van der Waals surface area contributed by atoms with Gasteiger partial charge in [-0.3, -0.25) is 4.79 Å². The lowest BCUT2D eigenvalue weighted by molar-refractivity contribution is -0.117. The summed E-state index contributed by atoms with van der Waals surface area (Å²) in [6.07, 6.45) is 1.82. The van der Waals surface area contributed by atoms with Crippen LogP contribution in [0.5, 0.6) is 0 Å². The number of carbonyl (C=O) groups is 1. The van der Waals surface area contributed by atoms with Gasteiger partial charge in [0.1, 0.15) is 11.6 Å². The van der Waals surface area contributed by atoms with Crippen LogP contribution < -0.4 is 10.6 Å². The Bertz CT molecular complexity index is 984. The Morgan fingerprint density at radius 1 is 1.26 bits per heavy atom. The number of hydrogen-bond donors (Lipinski definition) is 2. The summed E-state index contributed by atoms with van der Waals surface area (Å²) in [5, 5.41) is 10.6. The fourth-order valence-electron chi connectivity index (χ4n) is 3.25. The largest absolute Gasteiger partial charge is 0.458 e. The fourth-order valence-corrected chi connectivity index (χ4v) is 3.25. The minimum Gasteiger partial charge on any atom is -0.458 e. The van der Waals surface area contributed by atoms with Gasteiger partial charge in [0.2, 0.25) is 5.91 Å². The number of aromatic nitrogens is 4. The molecule has 0 bridgehead atoms. The molecule has 1 amide bonds. The first kappa shape index (κ1) is 17.4. The Balaban J connectivity index is 1.74. The standard InChI is InChI=1S/C19H22N6O2/c1-11-9-12(2)25(24-11)17-10-16(22-19(26)14-5-4-8-20-14)21-18(23-17)15-7-6-13(3)27-15/h6-7,9-10,14,20H,4-5,8H2,1-3H3,(H,21,22,23,26)/t14-/m1/s1. The summed E-state index contributed by atoms with van der Waals surface area (Å²) in [6.45, 7) is 6.61. The maximum Gasteiger partial charge on any atom is 0.242 e. The molecule has 140 valence electrons. The van der Waals surface area contributed by atoms with E-state index in [4.69, 9.17) is 4.42 Å². The predicted octanol–water partition coefficient (Wildman–Crippen LogP) is 2.54. The van der Waals surface area contributed by atoms with Crippen molar-refractivity contribution in [3.05, 3.63) is 41.4 Å². The third kappa shape index (κ3) is 3.61. The van der Waals surface area contributed by atoms with Crippen LogP contribution in [0.3, 0.4) is 0 Å². The lowest BCUT2D eigenvalue weighted by atomic mass is 10.2. The maximum atomic E-state index is 12.5. The molecule has 2 N–H and O–H groups in total. The summed E-state index contributed by atoms with van der Waals surface area (Å²) in [7, 11) is 0. The quantitative estimate of drug-likeness (QED) is 0.736. The van der Waals surface area contributed by atoms with Crippen LogP contribution in [0.25, 0.3) is 17.4 Å². The van der Waals surface area contributed by atoms with Crippen LogP contribution in [0.2, 0.25) is 0 Å². The van der Waals surface area contributed by atoms with Crippen molar-refractivity contribution in [3.63, 3.8) is 0 Å². The predicted molar refractivity (Wildman–Crippen MR) is 101 cm³/mol. The summed E-state index contributed by atoms with van der Waals surface area (Å²) in [5.41, 5.74) is 1.84. The number of nitrogens with zero attached hydrogens (tertiary/aromatic N) is 4. The van der Waals surface area contributed by atoms with Gasteiger partial charge in [-0.1, -0.05) is 0 Å². The van der Waals surface area contributed by atoms with Crippen molar-refractivity contribution >= 4 is 11.7 Å². The second-order valence-electron chi connectivity index (χ2n) is 6.82. The number of carbonyl (C=O) groups excluding carboxylic acids is 1. The van der Waals surface area contributed by atoms with Crippen molar-refractivity contribution in [2.24, 2.45) is 0 Å². The number of aryl methyl sites for hydroxylation is 3. The lowest BCUT2D eigenvalue weighted by Crippen LogP contribution is -2.35. The van der Waals surface area contributed by atoms with Crippen LogP contribution in [-0.2, 0) is 4.79 Å². The fraction of sp³-hybridized carbons (Fsp3) is 0.368. The topological polar surface area (TPSA) is 97.9 Å². The number of rotatable bonds is 4. The van der Waals surface area contributed by atoms with Crippen molar-refractivity contribution < 1.29 is 9.21 Å². The van der Waals surface area contributed by atoms with E-state index >= 15 is 0 Å². The molecular formula is C19H22N6O2. The highest BCUT2D eigenvalue weighted by atomic mass is 16.3. The second kappa shape index (κ2) is 6.96. The first-order chi connectivity index (χ1) is 13.0. The smallest absolute Gasteiger partial charge is 0.242 e. The number of anilines is 1. The van der Waals surface area contributed by atoms with Crippen molar-refractivity contribution in [1.82, 2.24) is 25.1 Å². The van der Waals surface area contributed by atoms with E-state index in [1.165, 1.54) is 0 Å². The van der Waals surface area contributed by atoms with Gasteiger partial charge in [-0.15, -0.1) is 0 Å². The SMILES string of the molecule is Cc1cc(C)n(-c2cc(NC(=O)[C@H]3CCCN3)nc(-c3ccc(C)o3)n2)n1. The minimum atomic E-state index is -0.189. The first-order valence-electron chi connectivity index (χ1n) is 9.03. The zero-order valence-corrected chi connectivity index (χ0v) is 15.6. The third-order valence-corrected chi connectivity index (χ3v) is 4.53. The average Bonchev–Trinajstić information content (AvgIpc) is 3.36. The van der Waals surface area contributed by atoms with E-state index in [1.54, 1.807) is 10.7 Å². The molecule has 0 spiro atoms. The molecule has 27 heavy (non-hydrogen) atoms. The van der Waals surface area contributed by atoms with E-state index in [0.29, 0.717) is 23.2 Å². The van der Waals surface area contributed by atoms with Crippen molar-refractivity contribution in [1.29, 1.82) is 0 Å². The van der Waals surface area contributed by atoms with Gasteiger partial charge in [0.05, 0.1) is 11.7 Å². The van der Waals surface area contributed by atoms with Gasteiger partial charge in [0.25, 0.3) is 0 Å². The molecule has 8 heteroatoms. The van der Waals surface area contributed by atoms with E-state index in [2.05, 4.69) is 25.7 Å². The average molecular weight is 366 g/mol. The van der Waals surface area contributed by atoms with E-state index in [1.807, 2.05) is 39.0 Å². The summed E-state index contributed by atoms with van der Waals surface area (Å²) in [6, 6.07) is 7.19. The third-order valence-electron chi connectivity index (χ3n) is 4.53. The monoisotopic (exact) mass is 366 g/mol. The van der Waals surface area contributed by atoms with Gasteiger partial charge in [-0.25, -0.2) is 14.6 Å². The highest BCUT2D eigenvalue weighted by Crippen LogP contribution is 2.23. The lowest BCUT2D eigenvalue weighted by Gasteiger charge is -2.12. The molecule has 0 aliphatic carbocycles.